The van der Waals surface area contributed by atoms with Crippen LogP contribution >= 0.6 is 0 Å². The third-order valence-electron chi connectivity index (χ3n) is 12.3. The van der Waals surface area contributed by atoms with Gasteiger partial charge in [0.05, 0.1) is 17.2 Å². The summed E-state index contributed by atoms with van der Waals surface area (Å²) in [5.74, 6) is 0. The van der Waals surface area contributed by atoms with E-state index in [1.165, 1.54) is 6.20 Å². The number of nitrogens with zero attached hydrogens (tertiary/aromatic N) is 4. The SMILES string of the molecule is [2H]C([2H])(c1cc(CC(C)(C)c2ccc(-c3[c-]cccc3)nc2)cc(CC(C)(C)c2ccc(-c3[c-]cccc3)nc2)c1)C([2H])([2H])c1cnc(-c2[c-]ccc3c2oc2cc(C#N)ccc23)cc1CC(C)(C)C.[Ir+3]. The Labute approximate surface area is 415 Å². The van der Waals surface area contributed by atoms with Gasteiger partial charge in [-0.2, -0.15) is 5.26 Å². The van der Waals surface area contributed by atoms with Crippen LogP contribution in [0.2, 0.25) is 0 Å². The van der Waals surface area contributed by atoms with E-state index in [0.29, 0.717) is 52.8 Å². The summed E-state index contributed by atoms with van der Waals surface area (Å²) in [5, 5.41) is 11.3. The Kier molecular flexibility index (Phi) is 12.1. The number of furan rings is 1. The number of pyridine rings is 3. The van der Waals surface area contributed by atoms with E-state index in [0.717, 1.165) is 55.5 Å². The maximum absolute atomic E-state index is 9.94. The first-order chi connectivity index (χ1) is 33.2. The monoisotopic (exact) mass is 1060 g/mol. The second-order valence-corrected chi connectivity index (χ2v) is 19.8. The first-order valence-electron chi connectivity index (χ1n) is 24.5. The second-order valence-electron chi connectivity index (χ2n) is 19.8. The van der Waals surface area contributed by atoms with Crippen LogP contribution in [0.4, 0.5) is 0 Å². The van der Waals surface area contributed by atoms with E-state index < -0.39 is 23.6 Å². The van der Waals surface area contributed by atoms with Gasteiger partial charge in [0.15, 0.2) is 0 Å². The summed E-state index contributed by atoms with van der Waals surface area (Å²) < 4.78 is 46.1. The predicted molar refractivity (Wildman–Crippen MR) is 268 cm³/mol. The first kappa shape index (κ1) is 41.9. The van der Waals surface area contributed by atoms with Crippen LogP contribution in [0.5, 0.6) is 0 Å². The molecule has 6 heteroatoms. The van der Waals surface area contributed by atoms with Crippen molar-refractivity contribution in [2.45, 2.75) is 91.3 Å². The van der Waals surface area contributed by atoms with Crippen LogP contribution in [0.25, 0.3) is 55.7 Å². The molecule has 0 aliphatic carbocycles. The van der Waals surface area contributed by atoms with E-state index in [1.54, 1.807) is 12.1 Å². The van der Waals surface area contributed by atoms with E-state index >= 15 is 0 Å². The predicted octanol–water partition coefficient (Wildman–Crippen LogP) is 14.5. The zero-order chi connectivity index (χ0) is 49.6. The minimum Gasteiger partial charge on any atom is -0.501 e. The molecule has 0 atom stereocenters. The summed E-state index contributed by atoms with van der Waals surface area (Å²) in [6.07, 6.45) is 1.81. The van der Waals surface area contributed by atoms with E-state index in [1.807, 2.05) is 109 Å². The van der Waals surface area contributed by atoms with Gasteiger partial charge in [0.25, 0.3) is 0 Å². The van der Waals surface area contributed by atoms with E-state index in [-0.39, 0.29) is 36.6 Å². The van der Waals surface area contributed by atoms with Crippen molar-refractivity contribution in [3.63, 3.8) is 0 Å². The Morgan fingerprint density at radius 3 is 1.70 bits per heavy atom. The van der Waals surface area contributed by atoms with Crippen molar-refractivity contribution in [2.75, 3.05) is 0 Å². The average molecular weight is 1060 g/mol. The average Bonchev–Trinajstić information content (AvgIpc) is 3.72. The minimum atomic E-state index is -2.54. The van der Waals surface area contributed by atoms with Crippen LogP contribution in [0, 0.1) is 34.9 Å². The quantitative estimate of drug-likeness (QED) is 0.108. The largest absolute Gasteiger partial charge is 3.00 e. The van der Waals surface area contributed by atoms with Crippen LogP contribution < -0.4 is 0 Å². The molecule has 9 rings (SSSR count). The second kappa shape index (κ2) is 19.4. The van der Waals surface area contributed by atoms with E-state index in [2.05, 4.69) is 90.9 Å². The van der Waals surface area contributed by atoms with Crippen LogP contribution in [-0.2, 0) is 62.9 Å². The van der Waals surface area contributed by atoms with Gasteiger partial charge >= 0.3 is 20.1 Å². The Balaban J connectivity index is 0.00000676. The number of aryl methyl sites for hydroxylation is 2. The molecule has 0 saturated heterocycles. The Morgan fingerprint density at radius 2 is 1.16 bits per heavy atom. The van der Waals surface area contributed by atoms with Crippen LogP contribution in [0.15, 0.2) is 150 Å². The molecule has 0 unspecified atom stereocenters. The van der Waals surface area contributed by atoms with Gasteiger partial charge in [0.2, 0.25) is 0 Å². The van der Waals surface area contributed by atoms with Gasteiger partial charge in [-0.05, 0) is 116 Å². The van der Waals surface area contributed by atoms with E-state index in [4.69, 9.17) is 19.4 Å². The van der Waals surface area contributed by atoms with Gasteiger partial charge in [-0.1, -0.05) is 114 Å². The van der Waals surface area contributed by atoms with Crippen LogP contribution in [0.3, 0.4) is 0 Å². The topological polar surface area (TPSA) is 75.6 Å². The van der Waals surface area contributed by atoms with Gasteiger partial charge in [0.1, 0.15) is 5.58 Å². The van der Waals surface area contributed by atoms with Crippen molar-refractivity contribution in [3.8, 4) is 39.8 Å². The molecule has 0 spiro atoms. The molecule has 0 amide bonds. The van der Waals surface area contributed by atoms with E-state index in [9.17, 15) is 10.7 Å². The molecule has 0 aliphatic rings. The molecule has 0 aliphatic heterocycles. The normalized spacial score (nSPS) is 13.3. The Hall–Kier alpha value is -6.51. The number of hydrogen-bond acceptors (Lipinski definition) is 5. The number of aromatic nitrogens is 3. The fraction of sp³-hybridized carbons (Fsp3) is 0.246. The summed E-state index contributed by atoms with van der Waals surface area (Å²) in [6.45, 7) is 14.9. The summed E-state index contributed by atoms with van der Waals surface area (Å²) in [7, 11) is 0. The summed E-state index contributed by atoms with van der Waals surface area (Å²) in [6, 6.07) is 52.6. The number of fused-ring (bicyclic) bond motifs is 3. The molecule has 5 aromatic carbocycles. The molecular weight excluding hydrogens is 997 g/mol. The summed E-state index contributed by atoms with van der Waals surface area (Å²) >= 11 is 0. The summed E-state index contributed by atoms with van der Waals surface area (Å²) in [4.78, 5) is 14.5. The molecule has 0 saturated carbocycles. The number of hydrogen-bond donors (Lipinski definition) is 0. The molecular formula is C61H55IrN4O. The molecule has 5 nitrogen and oxygen atoms in total. The van der Waals surface area contributed by atoms with Gasteiger partial charge in [-0.15, -0.1) is 90.0 Å². The smallest absolute Gasteiger partial charge is 0.501 e. The zero-order valence-electron chi connectivity index (χ0n) is 43.0. The van der Waals surface area contributed by atoms with Crippen molar-refractivity contribution in [2.24, 2.45) is 5.41 Å². The number of rotatable bonds is 13. The van der Waals surface area contributed by atoms with Crippen molar-refractivity contribution in [1.82, 2.24) is 15.0 Å². The molecule has 0 bridgehead atoms. The fourth-order valence-corrected chi connectivity index (χ4v) is 8.88. The summed E-state index contributed by atoms with van der Waals surface area (Å²) in [5.41, 5.74) is 10.0. The fourth-order valence-electron chi connectivity index (χ4n) is 8.88. The number of benzene rings is 5. The van der Waals surface area contributed by atoms with Crippen molar-refractivity contribution in [3.05, 3.63) is 209 Å². The molecule has 4 heterocycles. The van der Waals surface area contributed by atoms with Gasteiger partial charge in [-0.3, -0.25) is 0 Å². The first-order valence-corrected chi connectivity index (χ1v) is 22.5. The molecule has 0 radical (unpaired) electrons. The van der Waals surface area contributed by atoms with Gasteiger partial charge in [-0.25, -0.2) is 0 Å². The van der Waals surface area contributed by atoms with Crippen molar-refractivity contribution in [1.29, 1.82) is 5.26 Å². The van der Waals surface area contributed by atoms with Crippen LogP contribution in [0.1, 0.15) is 98.5 Å². The standard InChI is InChI=1S/C61H55N4O.Ir/c1-59(2,3)36-48-33-56(53-20-14-19-52-51-26-22-42(37-62)32-57(51)66-58(52)53)63-38-47(48)23-21-41-29-43(34-60(4,5)49-24-27-54(64-39-49)45-15-10-8-11-16-45)31-44(30-41)35-61(6,7)50-25-28-55(65-40-50)46-17-12-9-13-18-46;/h8-15,17,19,22,24-33,38-40H,21,23,34-36H2,1-7H3;/q-3;+3/i21D2,23D2;. The third-order valence-corrected chi connectivity index (χ3v) is 12.3. The Morgan fingerprint density at radius 1 is 0.567 bits per heavy atom. The van der Waals surface area contributed by atoms with Crippen molar-refractivity contribution >= 4 is 21.9 Å². The maximum Gasteiger partial charge on any atom is 3.00 e. The maximum atomic E-state index is 9.94. The van der Waals surface area contributed by atoms with Crippen LogP contribution in [-0.4, -0.2) is 15.0 Å². The molecule has 334 valence electrons. The molecule has 4 aromatic heterocycles. The Bertz CT molecular complexity index is 3280. The zero-order valence-corrected chi connectivity index (χ0v) is 41.4. The minimum absolute atomic E-state index is 0. The molecule has 0 N–H and O–H groups in total. The van der Waals surface area contributed by atoms with Gasteiger partial charge < -0.3 is 19.4 Å². The molecule has 67 heavy (non-hydrogen) atoms. The van der Waals surface area contributed by atoms with Gasteiger partial charge in [0, 0.05) is 29.5 Å². The molecule has 0 fully saturated rings. The number of nitriles is 1. The molecule has 9 aromatic rings. The third kappa shape index (κ3) is 10.7. The van der Waals surface area contributed by atoms with Crippen molar-refractivity contribution < 1.29 is 30.0 Å².